The van der Waals surface area contributed by atoms with Gasteiger partial charge in [-0.1, -0.05) is 95.3 Å². The van der Waals surface area contributed by atoms with E-state index >= 15 is 0 Å². The third kappa shape index (κ3) is 10.6. The average Bonchev–Trinajstić information content (AvgIpc) is 3.92. The number of benzene rings is 3. The second kappa shape index (κ2) is 19.8. The Balaban J connectivity index is 1.22. The van der Waals surface area contributed by atoms with Crippen LogP contribution in [0.5, 0.6) is 0 Å². The number of imidazole rings is 1. The van der Waals surface area contributed by atoms with Gasteiger partial charge in [0, 0.05) is 18.8 Å². The van der Waals surface area contributed by atoms with Gasteiger partial charge in [0.1, 0.15) is 23.9 Å². The number of H-pyrrole nitrogens is 1. The van der Waals surface area contributed by atoms with Gasteiger partial charge in [-0.3, -0.25) is 14.4 Å². The highest BCUT2D eigenvalue weighted by Crippen LogP contribution is 2.29. The summed E-state index contributed by atoms with van der Waals surface area (Å²) in [6.07, 6.45) is 2.39. The molecule has 1 aromatic heterocycles. The zero-order chi connectivity index (χ0) is 41.9. The summed E-state index contributed by atoms with van der Waals surface area (Å²) in [5.74, 6) is -0.440. The lowest BCUT2D eigenvalue weighted by molar-refractivity contribution is -0.139. The molecule has 1 aliphatic rings. The van der Waals surface area contributed by atoms with Crippen molar-refractivity contribution in [3.63, 3.8) is 0 Å². The van der Waals surface area contributed by atoms with Crippen LogP contribution in [-0.4, -0.2) is 95.1 Å². The summed E-state index contributed by atoms with van der Waals surface area (Å²) >= 11 is 0. The number of ether oxygens (including phenoxy) is 2. The van der Waals surface area contributed by atoms with Gasteiger partial charge in [-0.2, -0.15) is 0 Å². The normalized spacial score (nSPS) is 14.8. The third-order valence-electron chi connectivity index (χ3n) is 10.3. The molecule has 4 aromatic rings. The number of alkyl carbamates (subject to hydrolysis) is 2. The zero-order valence-corrected chi connectivity index (χ0v) is 34.3. The van der Waals surface area contributed by atoms with Gasteiger partial charge in [0.15, 0.2) is 0 Å². The van der Waals surface area contributed by atoms with Gasteiger partial charge in [-0.15, -0.1) is 0 Å². The Morgan fingerprint density at radius 2 is 1.38 bits per heavy atom. The summed E-state index contributed by atoms with van der Waals surface area (Å²) in [5.41, 5.74) is 6.36. The quantitative estimate of drug-likeness (QED) is 0.101. The number of hydrogen-bond donors (Lipinski definition) is 4. The van der Waals surface area contributed by atoms with Gasteiger partial charge in [0.25, 0.3) is 0 Å². The van der Waals surface area contributed by atoms with Gasteiger partial charge >= 0.3 is 12.2 Å². The van der Waals surface area contributed by atoms with E-state index in [9.17, 15) is 24.0 Å². The molecule has 0 bridgehead atoms. The Labute approximate surface area is 340 Å². The van der Waals surface area contributed by atoms with Crippen molar-refractivity contribution in [2.24, 2.45) is 11.8 Å². The molecule has 0 spiro atoms. The highest BCUT2D eigenvalue weighted by molar-refractivity contribution is 5.99. The largest absolute Gasteiger partial charge is 0.453 e. The molecule has 1 fully saturated rings. The molecule has 3 aromatic carbocycles. The molecule has 5 rings (SSSR count). The van der Waals surface area contributed by atoms with Crippen LogP contribution in [0.4, 0.5) is 15.3 Å². The summed E-state index contributed by atoms with van der Waals surface area (Å²) in [7, 11) is 2.52. The van der Waals surface area contributed by atoms with Crippen molar-refractivity contribution in [3.8, 4) is 33.5 Å². The van der Waals surface area contributed by atoms with Crippen LogP contribution in [0.1, 0.15) is 59.7 Å². The number of hydrogen-bond acceptors (Lipinski definition) is 8. The standard InChI is InChI=1S/C44H55N7O7/c1-8-22-50(41(53)38(27(2)3)48-43(55)57-6)26-37-45-25-35(47-37)32-20-18-30(19-21-32)29-14-16-31(17-15-29)33-11-9-12-34(24-33)46-40(52)36-13-10-23-51(36)42(54)39(28(4)5)49-44(56)58-7/h9,11-12,14-21,24-25,27-28,36,38-39H,8,10,13,22-23,26H2,1-7H3,(H,45,47)(H,46,52)(H,48,55)(H,49,56)/t36-,38-,39-/m0/s1. The molecule has 58 heavy (non-hydrogen) atoms. The van der Waals surface area contributed by atoms with Crippen molar-refractivity contribution in [1.29, 1.82) is 0 Å². The highest BCUT2D eigenvalue weighted by Gasteiger charge is 2.39. The van der Waals surface area contributed by atoms with E-state index in [1.165, 1.54) is 14.2 Å². The number of carbonyl (C=O) groups excluding carboxylic acids is 5. The first-order valence-electron chi connectivity index (χ1n) is 19.8. The molecular weight excluding hydrogens is 739 g/mol. The SMILES string of the molecule is CCCN(Cc1ncc(-c2ccc(-c3ccc(-c4cccc(NC(=O)[C@@H]5CCCN5C(=O)[C@@H](NC(=O)OC)C(C)C)c4)cc3)cc2)[nH]1)C(=O)[C@@H](NC(=O)OC)C(C)C. The minimum Gasteiger partial charge on any atom is -0.453 e. The lowest BCUT2D eigenvalue weighted by Crippen LogP contribution is -2.54. The Morgan fingerprint density at radius 3 is 1.95 bits per heavy atom. The maximum absolute atomic E-state index is 13.5. The fourth-order valence-corrected chi connectivity index (χ4v) is 7.08. The summed E-state index contributed by atoms with van der Waals surface area (Å²) in [5, 5.41) is 8.28. The Kier molecular flexibility index (Phi) is 14.7. The van der Waals surface area contributed by atoms with E-state index in [2.05, 4.69) is 38.1 Å². The van der Waals surface area contributed by atoms with Gasteiger partial charge in [-0.25, -0.2) is 14.6 Å². The number of aromatic amines is 1. The van der Waals surface area contributed by atoms with E-state index in [1.54, 1.807) is 16.0 Å². The van der Waals surface area contributed by atoms with E-state index in [-0.39, 0.29) is 36.1 Å². The van der Waals surface area contributed by atoms with E-state index in [1.807, 2.05) is 95.3 Å². The van der Waals surface area contributed by atoms with E-state index < -0.39 is 30.3 Å². The molecule has 3 atom stereocenters. The molecule has 1 saturated heterocycles. The Morgan fingerprint density at radius 1 is 0.810 bits per heavy atom. The third-order valence-corrected chi connectivity index (χ3v) is 10.3. The number of aromatic nitrogens is 2. The fraction of sp³-hybridized carbons (Fsp3) is 0.409. The van der Waals surface area contributed by atoms with Gasteiger partial charge < -0.3 is 40.2 Å². The monoisotopic (exact) mass is 793 g/mol. The molecule has 0 unspecified atom stereocenters. The van der Waals surface area contributed by atoms with Gasteiger partial charge in [-0.05, 0) is 71.0 Å². The molecule has 14 heteroatoms. The van der Waals surface area contributed by atoms with Crippen molar-refractivity contribution in [3.05, 3.63) is 84.8 Å². The van der Waals surface area contributed by atoms with Crippen molar-refractivity contribution in [2.75, 3.05) is 32.6 Å². The number of nitrogens with one attached hydrogen (secondary N) is 4. The lowest BCUT2D eigenvalue weighted by atomic mass is 9.99. The number of methoxy groups -OCH3 is 2. The highest BCUT2D eigenvalue weighted by atomic mass is 16.5. The van der Waals surface area contributed by atoms with Crippen LogP contribution >= 0.6 is 0 Å². The molecule has 1 aliphatic heterocycles. The first kappa shape index (κ1) is 43.0. The predicted octanol–water partition coefficient (Wildman–Crippen LogP) is 6.84. The number of anilines is 1. The van der Waals surface area contributed by atoms with Crippen LogP contribution < -0.4 is 16.0 Å². The van der Waals surface area contributed by atoms with Crippen LogP contribution in [0.3, 0.4) is 0 Å². The topological polar surface area (TPSA) is 175 Å². The van der Waals surface area contributed by atoms with Crippen LogP contribution in [-0.2, 0) is 30.4 Å². The van der Waals surface area contributed by atoms with Crippen LogP contribution in [0.25, 0.3) is 33.5 Å². The smallest absolute Gasteiger partial charge is 0.407 e. The summed E-state index contributed by atoms with van der Waals surface area (Å²) < 4.78 is 9.45. The Bertz CT molecular complexity index is 2050. The average molecular weight is 794 g/mol. The number of rotatable bonds is 15. The minimum atomic E-state index is -0.801. The molecule has 308 valence electrons. The molecule has 5 amide bonds. The lowest BCUT2D eigenvalue weighted by Gasteiger charge is -2.30. The zero-order valence-electron chi connectivity index (χ0n) is 34.3. The fourth-order valence-electron chi connectivity index (χ4n) is 7.08. The van der Waals surface area contributed by atoms with E-state index in [4.69, 9.17) is 9.47 Å². The molecule has 4 N–H and O–H groups in total. The first-order chi connectivity index (χ1) is 27.8. The Hall–Kier alpha value is -6.18. The van der Waals surface area contributed by atoms with Crippen LogP contribution in [0, 0.1) is 11.8 Å². The maximum atomic E-state index is 13.5. The minimum absolute atomic E-state index is 0.128. The molecule has 0 aliphatic carbocycles. The summed E-state index contributed by atoms with van der Waals surface area (Å²) in [6.45, 7) is 10.6. The molecule has 0 saturated carbocycles. The van der Waals surface area contributed by atoms with Crippen molar-refractivity contribution >= 4 is 35.6 Å². The number of likely N-dealkylation sites (tertiary alicyclic amines) is 1. The maximum Gasteiger partial charge on any atom is 0.407 e. The molecule has 14 nitrogen and oxygen atoms in total. The second-order valence-electron chi connectivity index (χ2n) is 15.1. The van der Waals surface area contributed by atoms with E-state index in [0.29, 0.717) is 37.4 Å². The van der Waals surface area contributed by atoms with Crippen molar-refractivity contribution in [2.45, 2.75) is 78.6 Å². The van der Waals surface area contributed by atoms with Crippen LogP contribution in [0.2, 0.25) is 0 Å². The number of carbonyl (C=O) groups is 5. The van der Waals surface area contributed by atoms with Crippen molar-refractivity contribution in [1.82, 2.24) is 30.4 Å². The van der Waals surface area contributed by atoms with E-state index in [0.717, 1.165) is 39.9 Å². The van der Waals surface area contributed by atoms with Gasteiger partial charge in [0.2, 0.25) is 17.7 Å². The molecule has 2 heterocycles. The summed E-state index contributed by atoms with van der Waals surface area (Å²) in [6, 6.07) is 21.8. The first-order valence-corrected chi connectivity index (χ1v) is 19.8. The second-order valence-corrected chi connectivity index (χ2v) is 15.1. The molecule has 0 radical (unpaired) electrons. The van der Waals surface area contributed by atoms with Crippen LogP contribution in [0.15, 0.2) is 79.0 Å². The predicted molar refractivity (Wildman–Crippen MR) is 222 cm³/mol. The molecular formula is C44H55N7O7. The van der Waals surface area contributed by atoms with Crippen molar-refractivity contribution < 1.29 is 33.4 Å². The van der Waals surface area contributed by atoms with Gasteiger partial charge in [0.05, 0.1) is 32.7 Å². The summed E-state index contributed by atoms with van der Waals surface area (Å²) in [4.78, 5) is 75.4. The number of nitrogens with zero attached hydrogens (tertiary/aromatic N) is 3. The number of amides is 5.